The van der Waals surface area contributed by atoms with E-state index in [0.717, 1.165) is 5.33 Å². The number of alkyl halides is 1. The Morgan fingerprint density at radius 1 is 1.42 bits per heavy atom. The summed E-state index contributed by atoms with van der Waals surface area (Å²) in [6.07, 6.45) is 0.647. The van der Waals surface area contributed by atoms with E-state index in [9.17, 15) is 4.79 Å². The monoisotopic (exact) mass is 235 g/mol. The predicted octanol–water partition coefficient (Wildman–Crippen LogP) is 2.27. The molecular weight excluding hydrogens is 218 g/mol. The first-order valence-corrected chi connectivity index (χ1v) is 5.42. The minimum Gasteiger partial charge on any atom is -0.342 e. The van der Waals surface area contributed by atoms with Gasteiger partial charge in [0.1, 0.15) is 0 Å². The third kappa shape index (κ3) is 4.10. The second-order valence-corrected chi connectivity index (χ2v) is 4.25. The van der Waals surface area contributed by atoms with E-state index in [-0.39, 0.29) is 11.9 Å². The van der Waals surface area contributed by atoms with E-state index < -0.39 is 0 Å². The molecule has 2 nitrogen and oxygen atoms in total. The van der Waals surface area contributed by atoms with Crippen LogP contribution in [-0.4, -0.2) is 29.2 Å². The van der Waals surface area contributed by atoms with Crippen molar-refractivity contribution in [3.63, 3.8) is 0 Å². The molecule has 0 aliphatic rings. The van der Waals surface area contributed by atoms with Crippen LogP contribution in [0.25, 0.3) is 0 Å². The molecule has 0 rings (SSSR count). The third-order valence-electron chi connectivity index (χ3n) is 1.86. The van der Waals surface area contributed by atoms with Gasteiger partial charge in [0.15, 0.2) is 0 Å². The predicted molar refractivity (Wildman–Crippen MR) is 55.5 cm³/mol. The lowest BCUT2D eigenvalue weighted by atomic mass is 10.1. The van der Waals surface area contributed by atoms with Gasteiger partial charge in [0, 0.05) is 24.8 Å². The summed E-state index contributed by atoms with van der Waals surface area (Å²) in [6.45, 7) is 6.15. The Kier molecular flexibility index (Phi) is 5.55. The fraction of sp³-hybridized carbons (Fsp3) is 0.889. The van der Waals surface area contributed by atoms with Gasteiger partial charge in [0.25, 0.3) is 0 Å². The fourth-order valence-electron chi connectivity index (χ4n) is 0.843. The number of rotatable bonds is 4. The molecule has 0 N–H and O–H groups in total. The summed E-state index contributed by atoms with van der Waals surface area (Å²) < 4.78 is 0. The van der Waals surface area contributed by atoms with Crippen molar-refractivity contribution in [2.45, 2.75) is 33.2 Å². The Labute approximate surface area is 83.4 Å². The average Bonchev–Trinajstić information content (AvgIpc) is 2.00. The Bertz CT molecular complexity index is 147. The summed E-state index contributed by atoms with van der Waals surface area (Å²) >= 11 is 3.36. The van der Waals surface area contributed by atoms with E-state index in [1.165, 1.54) is 0 Å². The molecule has 0 aromatic carbocycles. The van der Waals surface area contributed by atoms with Gasteiger partial charge in [-0.25, -0.2) is 0 Å². The molecule has 1 unspecified atom stereocenters. The van der Waals surface area contributed by atoms with Crippen molar-refractivity contribution in [3.05, 3.63) is 0 Å². The molecule has 0 fully saturated rings. The SMILES string of the molecule is CC(C)CC(=O)N(C)C(C)CBr. The Balaban J connectivity index is 3.92. The van der Waals surface area contributed by atoms with Crippen LogP contribution in [0.1, 0.15) is 27.2 Å². The zero-order valence-electron chi connectivity index (χ0n) is 8.30. The Morgan fingerprint density at radius 3 is 2.25 bits per heavy atom. The van der Waals surface area contributed by atoms with E-state index in [4.69, 9.17) is 0 Å². The lowest BCUT2D eigenvalue weighted by Gasteiger charge is -2.23. The van der Waals surface area contributed by atoms with Crippen molar-refractivity contribution >= 4 is 21.8 Å². The second kappa shape index (κ2) is 5.57. The van der Waals surface area contributed by atoms with Gasteiger partial charge in [0.05, 0.1) is 0 Å². The largest absolute Gasteiger partial charge is 0.342 e. The molecule has 0 aromatic rings. The number of carbonyl (C=O) groups is 1. The molecule has 0 bridgehead atoms. The van der Waals surface area contributed by atoms with Crippen LogP contribution in [0.4, 0.5) is 0 Å². The molecule has 0 radical (unpaired) electrons. The van der Waals surface area contributed by atoms with Crippen LogP contribution in [0.5, 0.6) is 0 Å². The minimum absolute atomic E-state index is 0.233. The van der Waals surface area contributed by atoms with E-state index >= 15 is 0 Å². The van der Waals surface area contributed by atoms with Crippen molar-refractivity contribution in [2.75, 3.05) is 12.4 Å². The smallest absolute Gasteiger partial charge is 0.222 e. The van der Waals surface area contributed by atoms with Gasteiger partial charge in [-0.15, -0.1) is 0 Å². The van der Waals surface area contributed by atoms with Gasteiger partial charge in [-0.2, -0.15) is 0 Å². The normalized spacial score (nSPS) is 13.2. The Hall–Kier alpha value is -0.0500. The number of nitrogens with zero attached hydrogens (tertiary/aromatic N) is 1. The van der Waals surface area contributed by atoms with Crippen LogP contribution in [0.3, 0.4) is 0 Å². The van der Waals surface area contributed by atoms with Gasteiger partial charge < -0.3 is 4.90 Å². The first-order valence-electron chi connectivity index (χ1n) is 4.30. The number of hydrogen-bond donors (Lipinski definition) is 0. The fourth-order valence-corrected chi connectivity index (χ4v) is 1.28. The molecule has 0 spiro atoms. The van der Waals surface area contributed by atoms with Gasteiger partial charge in [-0.3, -0.25) is 4.79 Å². The van der Waals surface area contributed by atoms with Crippen molar-refractivity contribution < 1.29 is 4.79 Å². The van der Waals surface area contributed by atoms with Crippen LogP contribution < -0.4 is 0 Å². The van der Waals surface area contributed by atoms with E-state index in [0.29, 0.717) is 12.3 Å². The molecule has 0 aromatic heterocycles. The first-order chi connectivity index (χ1) is 5.49. The molecule has 0 saturated carbocycles. The highest BCUT2D eigenvalue weighted by Gasteiger charge is 2.14. The molecule has 0 saturated heterocycles. The maximum absolute atomic E-state index is 11.5. The van der Waals surface area contributed by atoms with Crippen LogP contribution >= 0.6 is 15.9 Å². The summed E-state index contributed by atoms with van der Waals surface area (Å²) in [7, 11) is 1.86. The summed E-state index contributed by atoms with van der Waals surface area (Å²) in [5.74, 6) is 0.680. The van der Waals surface area contributed by atoms with Gasteiger partial charge in [0.2, 0.25) is 5.91 Å². The number of carbonyl (C=O) groups excluding carboxylic acids is 1. The van der Waals surface area contributed by atoms with Crippen LogP contribution in [0.15, 0.2) is 0 Å². The second-order valence-electron chi connectivity index (χ2n) is 3.61. The highest BCUT2D eigenvalue weighted by atomic mass is 79.9. The topological polar surface area (TPSA) is 20.3 Å². The van der Waals surface area contributed by atoms with Crippen molar-refractivity contribution in [1.82, 2.24) is 4.90 Å². The van der Waals surface area contributed by atoms with Crippen molar-refractivity contribution in [1.29, 1.82) is 0 Å². The van der Waals surface area contributed by atoms with E-state index in [1.807, 2.05) is 14.0 Å². The molecule has 72 valence electrons. The molecule has 0 aliphatic carbocycles. The third-order valence-corrected chi connectivity index (χ3v) is 2.80. The minimum atomic E-state index is 0.233. The molecule has 1 amide bonds. The van der Waals surface area contributed by atoms with Crippen molar-refractivity contribution in [3.8, 4) is 0 Å². The molecular formula is C9H18BrNO. The van der Waals surface area contributed by atoms with Gasteiger partial charge >= 0.3 is 0 Å². The summed E-state index contributed by atoms with van der Waals surface area (Å²) in [6, 6.07) is 0.288. The summed E-state index contributed by atoms with van der Waals surface area (Å²) in [4.78, 5) is 13.3. The molecule has 0 aliphatic heterocycles. The Morgan fingerprint density at radius 2 is 1.92 bits per heavy atom. The quantitative estimate of drug-likeness (QED) is 0.686. The van der Waals surface area contributed by atoms with E-state index in [2.05, 4.69) is 29.8 Å². The first kappa shape index (κ1) is 11.9. The lowest BCUT2D eigenvalue weighted by molar-refractivity contribution is -0.132. The molecule has 0 heterocycles. The maximum Gasteiger partial charge on any atom is 0.222 e. The lowest BCUT2D eigenvalue weighted by Crippen LogP contribution is -2.36. The van der Waals surface area contributed by atoms with Crippen molar-refractivity contribution in [2.24, 2.45) is 5.92 Å². The highest BCUT2D eigenvalue weighted by molar-refractivity contribution is 9.09. The van der Waals surface area contributed by atoms with Crippen LogP contribution in [-0.2, 0) is 4.79 Å². The van der Waals surface area contributed by atoms with Gasteiger partial charge in [-0.1, -0.05) is 29.8 Å². The molecule has 3 heteroatoms. The van der Waals surface area contributed by atoms with Gasteiger partial charge in [-0.05, 0) is 12.8 Å². The zero-order valence-corrected chi connectivity index (χ0v) is 9.89. The number of halogens is 1. The standard InChI is InChI=1S/C9H18BrNO/c1-7(2)5-9(12)11(4)8(3)6-10/h7-8H,5-6H2,1-4H3. The van der Waals surface area contributed by atoms with Crippen LogP contribution in [0.2, 0.25) is 0 Å². The highest BCUT2D eigenvalue weighted by Crippen LogP contribution is 2.06. The molecule has 1 atom stereocenters. The summed E-state index contributed by atoms with van der Waals surface area (Å²) in [5, 5.41) is 0.841. The molecule has 12 heavy (non-hydrogen) atoms. The maximum atomic E-state index is 11.5. The zero-order chi connectivity index (χ0) is 9.72. The number of hydrogen-bond acceptors (Lipinski definition) is 1. The summed E-state index contributed by atoms with van der Waals surface area (Å²) in [5.41, 5.74) is 0. The number of amides is 1. The average molecular weight is 236 g/mol. The van der Waals surface area contributed by atoms with E-state index in [1.54, 1.807) is 4.90 Å². The van der Waals surface area contributed by atoms with Crippen LogP contribution in [0, 0.1) is 5.92 Å².